The van der Waals surface area contributed by atoms with E-state index < -0.39 is 0 Å². The van der Waals surface area contributed by atoms with Gasteiger partial charge >= 0.3 is 0 Å². The normalized spacial score (nSPS) is 14.1. The van der Waals surface area contributed by atoms with Gasteiger partial charge in [0.2, 0.25) is 0 Å². The Morgan fingerprint density at radius 1 is 1.00 bits per heavy atom. The van der Waals surface area contributed by atoms with Gasteiger partial charge in [0.25, 0.3) is 0 Å². The minimum atomic E-state index is 1.04. The van der Waals surface area contributed by atoms with Crippen LogP contribution in [0.15, 0.2) is 48.5 Å². The molecule has 0 aliphatic carbocycles. The zero-order valence-corrected chi connectivity index (χ0v) is 9.98. The zero-order valence-electron chi connectivity index (χ0n) is 9.98. The standard InChI is InChI=1S/C16H13N2/c1-4-8-15-12(5-1)9-10-18(15)16-11-17-14-7-3-2-6-13(14)16/h1-8,17H,9-10H2. The van der Waals surface area contributed by atoms with Gasteiger partial charge in [0.05, 0.1) is 11.9 Å². The first kappa shape index (κ1) is 9.77. The summed E-state index contributed by atoms with van der Waals surface area (Å²) in [5.74, 6) is 0. The van der Waals surface area contributed by atoms with Crippen molar-refractivity contribution in [1.29, 1.82) is 0 Å². The number of benzene rings is 2. The van der Waals surface area contributed by atoms with E-state index in [1.807, 2.05) is 6.07 Å². The molecule has 1 N–H and O–H groups in total. The second-order valence-electron chi connectivity index (χ2n) is 4.67. The lowest BCUT2D eigenvalue weighted by Crippen LogP contribution is -2.12. The fourth-order valence-corrected chi connectivity index (χ4v) is 2.78. The van der Waals surface area contributed by atoms with Crippen molar-refractivity contribution in [2.45, 2.75) is 6.42 Å². The molecule has 1 aromatic heterocycles. The summed E-state index contributed by atoms with van der Waals surface area (Å²) in [7, 11) is 0. The van der Waals surface area contributed by atoms with Gasteiger partial charge in [-0.2, -0.15) is 0 Å². The molecule has 87 valence electrons. The van der Waals surface area contributed by atoms with Crippen LogP contribution in [0.3, 0.4) is 0 Å². The van der Waals surface area contributed by atoms with E-state index in [1.54, 1.807) is 0 Å². The van der Waals surface area contributed by atoms with Gasteiger partial charge in [-0.3, -0.25) is 0 Å². The fraction of sp³-hybridized carbons (Fsp3) is 0.125. The largest absolute Gasteiger partial charge is 0.351 e. The van der Waals surface area contributed by atoms with Crippen LogP contribution in [0.25, 0.3) is 10.9 Å². The number of fused-ring (bicyclic) bond motifs is 2. The maximum Gasteiger partial charge on any atom is 0.0893 e. The van der Waals surface area contributed by atoms with E-state index in [4.69, 9.17) is 0 Å². The van der Waals surface area contributed by atoms with E-state index >= 15 is 0 Å². The number of aromatic amines is 1. The Balaban J connectivity index is 1.90. The molecule has 0 saturated carbocycles. The van der Waals surface area contributed by atoms with E-state index in [-0.39, 0.29) is 0 Å². The molecular formula is C16H13N2. The quantitative estimate of drug-likeness (QED) is 0.679. The van der Waals surface area contributed by atoms with Crippen LogP contribution in [0.1, 0.15) is 5.56 Å². The van der Waals surface area contributed by atoms with Crippen molar-refractivity contribution in [2.24, 2.45) is 0 Å². The highest BCUT2D eigenvalue weighted by molar-refractivity contribution is 5.95. The number of anilines is 2. The van der Waals surface area contributed by atoms with Crippen molar-refractivity contribution in [3.05, 3.63) is 60.3 Å². The number of nitrogens with zero attached hydrogens (tertiary/aromatic N) is 1. The summed E-state index contributed by atoms with van der Waals surface area (Å²) < 4.78 is 0. The van der Waals surface area contributed by atoms with E-state index in [9.17, 15) is 0 Å². The summed E-state index contributed by atoms with van der Waals surface area (Å²) >= 11 is 0. The first-order valence-electron chi connectivity index (χ1n) is 6.27. The molecule has 0 unspecified atom stereocenters. The Bertz CT molecular complexity index is 712. The molecule has 1 aliphatic rings. The van der Waals surface area contributed by atoms with Crippen LogP contribution in [0, 0.1) is 6.20 Å². The number of para-hydroxylation sites is 2. The molecule has 2 nitrogen and oxygen atoms in total. The van der Waals surface area contributed by atoms with Crippen molar-refractivity contribution in [1.82, 2.24) is 4.98 Å². The Morgan fingerprint density at radius 3 is 2.83 bits per heavy atom. The third-order valence-electron chi connectivity index (χ3n) is 3.65. The second-order valence-corrected chi connectivity index (χ2v) is 4.67. The molecule has 2 heterocycles. The molecule has 0 bridgehead atoms. The Morgan fingerprint density at radius 2 is 1.83 bits per heavy atom. The van der Waals surface area contributed by atoms with Crippen LogP contribution in [-0.4, -0.2) is 11.5 Å². The Labute approximate surface area is 106 Å². The number of H-pyrrole nitrogens is 1. The molecule has 4 rings (SSSR count). The number of nitrogens with one attached hydrogen (secondary N) is 1. The average Bonchev–Trinajstić information content (AvgIpc) is 3.01. The first-order chi connectivity index (χ1) is 8.93. The molecule has 0 saturated heterocycles. The number of hydrogen-bond donors (Lipinski definition) is 1. The summed E-state index contributed by atoms with van der Waals surface area (Å²) in [4.78, 5) is 5.58. The van der Waals surface area contributed by atoms with E-state index in [0.29, 0.717) is 0 Å². The summed E-state index contributed by atoms with van der Waals surface area (Å²) in [5, 5.41) is 1.24. The van der Waals surface area contributed by atoms with Gasteiger partial charge in [-0.25, -0.2) is 0 Å². The Kier molecular flexibility index (Phi) is 1.97. The smallest absolute Gasteiger partial charge is 0.0893 e. The molecule has 2 heteroatoms. The lowest BCUT2D eigenvalue weighted by atomic mass is 10.2. The van der Waals surface area contributed by atoms with Gasteiger partial charge in [0.1, 0.15) is 0 Å². The lowest BCUT2D eigenvalue weighted by Gasteiger charge is -2.18. The van der Waals surface area contributed by atoms with Gasteiger partial charge in [-0.1, -0.05) is 36.4 Å². The van der Waals surface area contributed by atoms with E-state index in [1.165, 1.54) is 16.6 Å². The summed E-state index contributed by atoms with van der Waals surface area (Å²) in [6, 6.07) is 17.0. The fourth-order valence-electron chi connectivity index (χ4n) is 2.78. The number of hydrogen-bond acceptors (Lipinski definition) is 1. The second kappa shape index (κ2) is 3.64. The molecule has 1 radical (unpaired) electrons. The predicted octanol–water partition coefficient (Wildman–Crippen LogP) is 3.66. The van der Waals surface area contributed by atoms with Gasteiger partial charge in [-0.15, -0.1) is 0 Å². The highest BCUT2D eigenvalue weighted by Crippen LogP contribution is 2.37. The zero-order chi connectivity index (χ0) is 11.9. The van der Waals surface area contributed by atoms with Gasteiger partial charge in [0, 0.05) is 23.1 Å². The van der Waals surface area contributed by atoms with Crippen molar-refractivity contribution in [3.8, 4) is 0 Å². The van der Waals surface area contributed by atoms with E-state index in [0.717, 1.165) is 24.2 Å². The molecule has 0 spiro atoms. The highest BCUT2D eigenvalue weighted by Gasteiger charge is 2.21. The molecule has 18 heavy (non-hydrogen) atoms. The average molecular weight is 233 g/mol. The van der Waals surface area contributed by atoms with Crippen LogP contribution in [0.4, 0.5) is 11.4 Å². The Hall–Kier alpha value is -2.22. The predicted molar refractivity (Wildman–Crippen MR) is 74.3 cm³/mol. The molecule has 3 aromatic rings. The minimum absolute atomic E-state index is 1.04. The molecule has 0 amide bonds. The topological polar surface area (TPSA) is 19.0 Å². The van der Waals surface area contributed by atoms with Crippen molar-refractivity contribution in [3.63, 3.8) is 0 Å². The SMILES string of the molecule is [c]1[nH]c2ccccc2c1N1CCc2ccccc21. The number of aromatic nitrogens is 1. The van der Waals surface area contributed by atoms with Crippen LogP contribution in [0.5, 0.6) is 0 Å². The van der Waals surface area contributed by atoms with Crippen molar-refractivity contribution >= 4 is 22.3 Å². The molecule has 2 aromatic carbocycles. The third-order valence-corrected chi connectivity index (χ3v) is 3.65. The van der Waals surface area contributed by atoms with Gasteiger partial charge < -0.3 is 9.88 Å². The molecule has 1 aliphatic heterocycles. The molecule has 0 fully saturated rings. The van der Waals surface area contributed by atoms with E-state index in [2.05, 4.69) is 58.5 Å². The minimum Gasteiger partial charge on any atom is -0.351 e. The maximum atomic E-state index is 3.30. The van der Waals surface area contributed by atoms with Crippen LogP contribution in [-0.2, 0) is 6.42 Å². The van der Waals surface area contributed by atoms with Crippen LogP contribution >= 0.6 is 0 Å². The number of rotatable bonds is 1. The van der Waals surface area contributed by atoms with Gasteiger partial charge in [-0.05, 0) is 24.1 Å². The highest BCUT2D eigenvalue weighted by atomic mass is 15.2. The van der Waals surface area contributed by atoms with Crippen molar-refractivity contribution in [2.75, 3.05) is 11.4 Å². The lowest BCUT2D eigenvalue weighted by molar-refractivity contribution is 1.00. The third kappa shape index (κ3) is 1.29. The van der Waals surface area contributed by atoms with Crippen LogP contribution < -0.4 is 4.90 Å². The summed E-state index contributed by atoms with van der Waals surface area (Å²) in [6.45, 7) is 1.04. The van der Waals surface area contributed by atoms with Gasteiger partial charge in [0.15, 0.2) is 0 Å². The molecular weight excluding hydrogens is 220 g/mol. The molecule has 0 atom stereocenters. The van der Waals surface area contributed by atoms with Crippen molar-refractivity contribution < 1.29 is 0 Å². The maximum absolute atomic E-state index is 3.30. The first-order valence-corrected chi connectivity index (χ1v) is 6.27. The summed E-state index contributed by atoms with van der Waals surface area (Å²) in [5.41, 5.74) is 5.06. The summed E-state index contributed by atoms with van der Waals surface area (Å²) in [6.07, 6.45) is 4.41. The monoisotopic (exact) mass is 233 g/mol. The van der Waals surface area contributed by atoms with Crippen LogP contribution in [0.2, 0.25) is 0 Å².